The second-order valence-corrected chi connectivity index (χ2v) is 2.91. The van der Waals surface area contributed by atoms with Gasteiger partial charge in [-0.1, -0.05) is 11.6 Å². The number of ketones is 1. The van der Waals surface area contributed by atoms with Crippen molar-refractivity contribution >= 4 is 23.1 Å². The molecule has 0 heterocycles. The van der Waals surface area contributed by atoms with E-state index in [0.717, 1.165) is 6.07 Å². The Kier molecular flexibility index (Phi) is 2.63. The standard InChI is InChI=1S/C8H6ClNO3/c1-5(11)7-3-2-6(9)4-8(7)10(12)13/h2-4H,1H3. The molecule has 1 aromatic carbocycles. The van der Waals surface area contributed by atoms with Gasteiger partial charge in [0.2, 0.25) is 0 Å². The Morgan fingerprint density at radius 1 is 1.54 bits per heavy atom. The van der Waals surface area contributed by atoms with Crippen molar-refractivity contribution in [2.45, 2.75) is 6.92 Å². The monoisotopic (exact) mass is 199 g/mol. The molecule has 0 bridgehead atoms. The van der Waals surface area contributed by atoms with Gasteiger partial charge in [0.1, 0.15) is 0 Å². The zero-order valence-electron chi connectivity index (χ0n) is 6.78. The Labute approximate surface area is 79.3 Å². The van der Waals surface area contributed by atoms with Crippen molar-refractivity contribution in [3.05, 3.63) is 38.9 Å². The molecule has 0 spiro atoms. The van der Waals surface area contributed by atoms with Gasteiger partial charge in [-0.2, -0.15) is 0 Å². The fourth-order valence-electron chi connectivity index (χ4n) is 0.954. The van der Waals surface area contributed by atoms with Gasteiger partial charge in [0, 0.05) is 11.1 Å². The Balaban J connectivity index is 3.35. The van der Waals surface area contributed by atoms with E-state index < -0.39 is 4.92 Å². The summed E-state index contributed by atoms with van der Waals surface area (Å²) in [6, 6.07) is 3.96. The number of nitro groups is 1. The van der Waals surface area contributed by atoms with Crippen molar-refractivity contribution in [1.82, 2.24) is 0 Å². The molecule has 1 rings (SSSR count). The van der Waals surface area contributed by atoms with E-state index in [1.165, 1.54) is 19.1 Å². The van der Waals surface area contributed by atoms with Gasteiger partial charge in [-0.25, -0.2) is 0 Å². The maximum atomic E-state index is 10.9. The Morgan fingerprint density at radius 2 is 2.15 bits per heavy atom. The van der Waals surface area contributed by atoms with Gasteiger partial charge in [0.25, 0.3) is 5.69 Å². The Bertz CT molecular complexity index is 376. The van der Waals surface area contributed by atoms with Gasteiger partial charge in [-0.3, -0.25) is 14.9 Å². The predicted molar refractivity (Wildman–Crippen MR) is 48.1 cm³/mol. The maximum absolute atomic E-state index is 10.9. The second-order valence-electron chi connectivity index (χ2n) is 2.47. The van der Waals surface area contributed by atoms with Crippen LogP contribution in [0.3, 0.4) is 0 Å². The SMILES string of the molecule is CC(=O)c1ccc(Cl)cc1[N+](=O)[O-]. The van der Waals surface area contributed by atoms with Crippen LogP contribution in [0.15, 0.2) is 18.2 Å². The zero-order valence-corrected chi connectivity index (χ0v) is 7.54. The van der Waals surface area contributed by atoms with Crippen LogP contribution in [0.4, 0.5) is 5.69 Å². The van der Waals surface area contributed by atoms with E-state index >= 15 is 0 Å². The first-order valence-corrected chi connectivity index (χ1v) is 3.85. The minimum atomic E-state index is -0.622. The average Bonchev–Trinajstić information content (AvgIpc) is 2.03. The van der Waals surface area contributed by atoms with Gasteiger partial charge >= 0.3 is 0 Å². The third kappa shape index (κ3) is 2.03. The highest BCUT2D eigenvalue weighted by atomic mass is 35.5. The number of Topliss-reactive ketones (excluding diaryl/α,β-unsaturated/α-hetero) is 1. The molecule has 1 aromatic rings. The normalized spacial score (nSPS) is 9.69. The molecule has 68 valence electrons. The molecule has 0 saturated heterocycles. The van der Waals surface area contributed by atoms with Crippen molar-refractivity contribution in [1.29, 1.82) is 0 Å². The molecule has 0 aliphatic heterocycles. The highest BCUT2D eigenvalue weighted by Crippen LogP contribution is 2.23. The highest BCUT2D eigenvalue weighted by molar-refractivity contribution is 6.31. The van der Waals surface area contributed by atoms with E-state index in [9.17, 15) is 14.9 Å². The molecular weight excluding hydrogens is 194 g/mol. The number of nitrogens with zero attached hydrogens (tertiary/aromatic N) is 1. The summed E-state index contributed by atoms with van der Waals surface area (Å²) in [5.74, 6) is -0.344. The fraction of sp³-hybridized carbons (Fsp3) is 0.125. The molecule has 0 unspecified atom stereocenters. The van der Waals surface area contributed by atoms with Crippen LogP contribution >= 0.6 is 11.6 Å². The first-order valence-electron chi connectivity index (χ1n) is 3.47. The minimum absolute atomic E-state index is 0.0781. The predicted octanol–water partition coefficient (Wildman–Crippen LogP) is 2.45. The van der Waals surface area contributed by atoms with Crippen LogP contribution in [-0.4, -0.2) is 10.7 Å². The smallest absolute Gasteiger partial charge is 0.281 e. The average molecular weight is 200 g/mol. The fourth-order valence-corrected chi connectivity index (χ4v) is 1.12. The largest absolute Gasteiger partial charge is 0.294 e. The Hall–Kier alpha value is -1.42. The summed E-state index contributed by atoms with van der Waals surface area (Å²) in [7, 11) is 0. The number of carbonyl (C=O) groups excluding carboxylic acids is 1. The van der Waals surface area contributed by atoms with Crippen LogP contribution in [0.25, 0.3) is 0 Å². The first kappa shape index (κ1) is 9.67. The van der Waals surface area contributed by atoms with E-state index in [2.05, 4.69) is 0 Å². The number of benzene rings is 1. The van der Waals surface area contributed by atoms with E-state index in [1.54, 1.807) is 0 Å². The van der Waals surface area contributed by atoms with Gasteiger partial charge in [0.05, 0.1) is 10.5 Å². The van der Waals surface area contributed by atoms with Crippen molar-refractivity contribution in [3.8, 4) is 0 Å². The first-order chi connectivity index (χ1) is 6.02. The van der Waals surface area contributed by atoms with Gasteiger partial charge < -0.3 is 0 Å². The van der Waals surface area contributed by atoms with Crippen molar-refractivity contribution in [3.63, 3.8) is 0 Å². The molecular formula is C8H6ClNO3. The van der Waals surface area contributed by atoms with E-state index in [1.807, 2.05) is 0 Å². The van der Waals surface area contributed by atoms with Crippen LogP contribution < -0.4 is 0 Å². The molecule has 0 aliphatic rings. The summed E-state index contributed by atoms with van der Waals surface area (Å²) in [5.41, 5.74) is -0.172. The van der Waals surface area contributed by atoms with Crippen LogP contribution in [0.2, 0.25) is 5.02 Å². The molecule has 0 aliphatic carbocycles. The number of hydrogen-bond donors (Lipinski definition) is 0. The van der Waals surface area contributed by atoms with Crippen molar-refractivity contribution in [2.75, 3.05) is 0 Å². The summed E-state index contributed by atoms with van der Waals surface area (Å²) in [5, 5.41) is 10.7. The molecule has 0 N–H and O–H groups in total. The van der Waals surface area contributed by atoms with Crippen LogP contribution in [0.5, 0.6) is 0 Å². The lowest BCUT2D eigenvalue weighted by atomic mass is 10.1. The van der Waals surface area contributed by atoms with Crippen LogP contribution in [0, 0.1) is 10.1 Å². The third-order valence-electron chi connectivity index (χ3n) is 1.54. The lowest BCUT2D eigenvalue weighted by Gasteiger charge is -1.98. The summed E-state index contributed by atoms with van der Waals surface area (Å²) in [6.07, 6.45) is 0. The summed E-state index contributed by atoms with van der Waals surface area (Å²) in [4.78, 5) is 20.8. The molecule has 0 amide bonds. The van der Waals surface area contributed by atoms with Crippen molar-refractivity contribution < 1.29 is 9.72 Å². The van der Waals surface area contributed by atoms with Crippen LogP contribution in [0.1, 0.15) is 17.3 Å². The van der Waals surface area contributed by atoms with E-state index in [-0.39, 0.29) is 22.1 Å². The number of rotatable bonds is 2. The zero-order chi connectivity index (χ0) is 10.0. The Morgan fingerprint density at radius 3 is 2.62 bits per heavy atom. The topological polar surface area (TPSA) is 60.2 Å². The summed E-state index contributed by atoms with van der Waals surface area (Å²) in [6.45, 7) is 1.27. The molecule has 0 fully saturated rings. The molecule has 0 atom stereocenters. The van der Waals surface area contributed by atoms with Gasteiger partial charge in [0.15, 0.2) is 5.78 Å². The van der Waals surface area contributed by atoms with E-state index in [4.69, 9.17) is 11.6 Å². The molecule has 5 heteroatoms. The van der Waals surface area contributed by atoms with Crippen LogP contribution in [-0.2, 0) is 0 Å². The number of carbonyl (C=O) groups is 1. The lowest BCUT2D eigenvalue weighted by Crippen LogP contribution is -1.99. The van der Waals surface area contributed by atoms with Gasteiger partial charge in [-0.15, -0.1) is 0 Å². The second kappa shape index (κ2) is 3.53. The molecule has 0 radical (unpaired) electrons. The maximum Gasteiger partial charge on any atom is 0.281 e. The summed E-state index contributed by atoms with van der Waals surface area (Å²) >= 11 is 5.55. The highest BCUT2D eigenvalue weighted by Gasteiger charge is 2.16. The number of hydrogen-bond acceptors (Lipinski definition) is 3. The molecule has 13 heavy (non-hydrogen) atoms. The number of halogens is 1. The summed E-state index contributed by atoms with van der Waals surface area (Å²) < 4.78 is 0. The molecule has 0 aromatic heterocycles. The van der Waals surface area contributed by atoms with Gasteiger partial charge in [-0.05, 0) is 19.1 Å². The quantitative estimate of drug-likeness (QED) is 0.418. The molecule has 4 nitrogen and oxygen atoms in total. The van der Waals surface area contributed by atoms with Crippen molar-refractivity contribution in [2.24, 2.45) is 0 Å². The lowest BCUT2D eigenvalue weighted by molar-refractivity contribution is -0.385. The van der Waals surface area contributed by atoms with E-state index in [0.29, 0.717) is 0 Å². The minimum Gasteiger partial charge on any atom is -0.294 e. The third-order valence-corrected chi connectivity index (χ3v) is 1.77. The number of nitro benzene ring substituents is 1. The molecule has 0 saturated carbocycles.